The minimum atomic E-state index is -1.11. The van der Waals surface area contributed by atoms with Crippen LogP contribution in [0.5, 0.6) is 0 Å². The van der Waals surface area contributed by atoms with E-state index < -0.39 is 35.9 Å². The summed E-state index contributed by atoms with van der Waals surface area (Å²) in [5.74, 6) is -1.92. The van der Waals surface area contributed by atoms with E-state index in [9.17, 15) is 18.8 Å². The molecule has 3 amide bonds. The monoisotopic (exact) mass is 413 g/mol. The lowest BCUT2D eigenvalue weighted by Crippen LogP contribution is -2.35. The predicted molar refractivity (Wildman–Crippen MR) is 100.0 cm³/mol. The summed E-state index contributed by atoms with van der Waals surface area (Å²) in [5.41, 5.74) is 5.40. The Labute approximate surface area is 163 Å². The maximum absolute atomic E-state index is 13.1. The van der Waals surface area contributed by atoms with Gasteiger partial charge >= 0.3 is 12.0 Å². The molecule has 0 saturated carbocycles. The molecule has 2 rings (SSSR count). The molecule has 0 fully saturated rings. The number of anilines is 1. The Morgan fingerprint density at radius 3 is 2.67 bits per heavy atom. The number of carbonyl (C=O) groups is 3. The van der Waals surface area contributed by atoms with Crippen molar-refractivity contribution in [3.63, 3.8) is 0 Å². The highest BCUT2D eigenvalue weighted by Crippen LogP contribution is 2.23. The zero-order valence-electron chi connectivity index (χ0n) is 14.2. The fourth-order valence-electron chi connectivity index (χ4n) is 2.17. The van der Waals surface area contributed by atoms with Crippen LogP contribution in [0.1, 0.15) is 24.3 Å². The molecule has 0 bridgehead atoms. The maximum Gasteiger partial charge on any atom is 0.312 e. The van der Waals surface area contributed by atoms with Crippen molar-refractivity contribution in [3.8, 4) is 0 Å². The minimum absolute atomic E-state index is 0.145. The molecule has 4 N–H and O–H groups in total. The number of halogens is 2. The summed E-state index contributed by atoms with van der Waals surface area (Å²) >= 11 is 7.00. The number of primary amides is 1. The number of rotatable bonds is 7. The number of urea groups is 1. The number of nitrogens with one attached hydrogen (secondary N) is 2. The van der Waals surface area contributed by atoms with Crippen molar-refractivity contribution < 1.29 is 23.5 Å². The second-order valence-electron chi connectivity index (χ2n) is 5.53. The molecule has 0 radical (unpaired) electrons. The lowest BCUT2D eigenvalue weighted by Gasteiger charge is -2.18. The van der Waals surface area contributed by atoms with Crippen LogP contribution in [0.15, 0.2) is 35.7 Å². The number of hydrogen-bond donors (Lipinski definition) is 3. The topological polar surface area (TPSA) is 111 Å². The van der Waals surface area contributed by atoms with Crippen molar-refractivity contribution in [1.82, 2.24) is 5.32 Å². The number of benzene rings is 1. The van der Waals surface area contributed by atoms with Crippen LogP contribution >= 0.6 is 22.9 Å². The van der Waals surface area contributed by atoms with E-state index in [0.29, 0.717) is 0 Å². The normalized spacial score (nSPS) is 12.7. The molecule has 1 aromatic heterocycles. The second-order valence-corrected chi connectivity index (χ2v) is 6.92. The smallest absolute Gasteiger partial charge is 0.312 e. The zero-order chi connectivity index (χ0) is 20.0. The highest BCUT2D eigenvalue weighted by atomic mass is 35.5. The molecular formula is C17H17ClFN3O4S. The Kier molecular flexibility index (Phi) is 7.14. The molecule has 0 unspecified atom stereocenters. The van der Waals surface area contributed by atoms with Crippen molar-refractivity contribution in [2.75, 3.05) is 5.32 Å². The number of ether oxygens (including phenoxy) is 1. The van der Waals surface area contributed by atoms with Gasteiger partial charge in [0.25, 0.3) is 5.91 Å². The zero-order valence-corrected chi connectivity index (χ0v) is 15.8. The second kappa shape index (κ2) is 9.33. The van der Waals surface area contributed by atoms with Crippen LogP contribution in [0.4, 0.5) is 14.9 Å². The molecule has 0 saturated heterocycles. The summed E-state index contributed by atoms with van der Waals surface area (Å²) in [6.45, 7) is 1.39. The molecule has 0 spiro atoms. The molecule has 1 aromatic carbocycles. The van der Waals surface area contributed by atoms with Crippen molar-refractivity contribution in [3.05, 3.63) is 51.4 Å². The first-order valence-corrected chi connectivity index (χ1v) is 9.06. The molecule has 1 heterocycles. The average molecular weight is 414 g/mol. The van der Waals surface area contributed by atoms with Crippen LogP contribution < -0.4 is 16.4 Å². The molecule has 7 nitrogen and oxygen atoms in total. The number of hydrogen-bond acceptors (Lipinski definition) is 5. The Hall–Kier alpha value is -2.65. The summed E-state index contributed by atoms with van der Waals surface area (Å²) in [6.07, 6.45) is -1.30. The third kappa shape index (κ3) is 6.22. The Morgan fingerprint density at radius 2 is 2.07 bits per heavy atom. The van der Waals surface area contributed by atoms with E-state index in [2.05, 4.69) is 10.6 Å². The SMILES string of the molecule is C[C@H](OC(=O)C[C@@H](NC(N)=O)c1cccs1)C(=O)Nc1ccc(F)c(Cl)c1. The van der Waals surface area contributed by atoms with E-state index in [1.807, 2.05) is 0 Å². The highest BCUT2D eigenvalue weighted by Gasteiger charge is 2.23. The van der Waals surface area contributed by atoms with Crippen molar-refractivity contribution in [1.29, 1.82) is 0 Å². The van der Waals surface area contributed by atoms with Gasteiger partial charge in [-0.25, -0.2) is 9.18 Å². The van der Waals surface area contributed by atoms with Gasteiger partial charge in [0.05, 0.1) is 17.5 Å². The van der Waals surface area contributed by atoms with Gasteiger partial charge in [-0.1, -0.05) is 17.7 Å². The lowest BCUT2D eigenvalue weighted by molar-refractivity contribution is -0.153. The van der Waals surface area contributed by atoms with E-state index in [4.69, 9.17) is 22.1 Å². The Balaban J connectivity index is 1.93. The van der Waals surface area contributed by atoms with Crippen LogP contribution in [0.25, 0.3) is 0 Å². The van der Waals surface area contributed by atoms with E-state index in [1.54, 1.807) is 17.5 Å². The van der Waals surface area contributed by atoms with Crippen LogP contribution in [0.3, 0.4) is 0 Å². The summed E-state index contributed by atoms with van der Waals surface area (Å²) in [5, 5.41) is 6.59. The number of nitrogens with two attached hydrogens (primary N) is 1. The molecule has 0 aliphatic rings. The van der Waals surface area contributed by atoms with Crippen molar-refractivity contribution in [2.24, 2.45) is 5.73 Å². The largest absolute Gasteiger partial charge is 0.452 e. The maximum atomic E-state index is 13.1. The first kappa shape index (κ1) is 20.7. The fourth-order valence-corrected chi connectivity index (χ4v) is 3.13. The van der Waals surface area contributed by atoms with Gasteiger partial charge in [-0.05, 0) is 36.6 Å². The van der Waals surface area contributed by atoms with E-state index in [0.717, 1.165) is 10.9 Å². The molecular weight excluding hydrogens is 397 g/mol. The first-order valence-electron chi connectivity index (χ1n) is 7.81. The Bertz CT molecular complexity index is 832. The molecule has 2 aromatic rings. The van der Waals surface area contributed by atoms with Crippen LogP contribution in [0.2, 0.25) is 5.02 Å². The van der Waals surface area contributed by atoms with E-state index in [1.165, 1.54) is 30.4 Å². The summed E-state index contributed by atoms with van der Waals surface area (Å²) in [7, 11) is 0. The first-order chi connectivity index (χ1) is 12.8. The molecule has 2 atom stereocenters. The number of carbonyl (C=O) groups excluding carboxylic acids is 3. The van der Waals surface area contributed by atoms with Crippen LogP contribution in [0, 0.1) is 5.82 Å². The van der Waals surface area contributed by atoms with Gasteiger partial charge in [0.15, 0.2) is 6.10 Å². The van der Waals surface area contributed by atoms with E-state index in [-0.39, 0.29) is 17.1 Å². The fraction of sp³-hybridized carbons (Fsp3) is 0.235. The van der Waals surface area contributed by atoms with Crippen molar-refractivity contribution in [2.45, 2.75) is 25.5 Å². The Morgan fingerprint density at radius 1 is 1.33 bits per heavy atom. The number of thiophene rings is 1. The standard InChI is InChI=1S/C17H17ClFN3O4S/c1-9(16(24)21-10-4-5-12(19)11(18)7-10)26-15(23)8-13(22-17(20)25)14-3-2-6-27-14/h2-7,9,13H,8H2,1H3,(H,21,24)(H3,20,22,25)/t9-,13+/m0/s1. The summed E-state index contributed by atoms with van der Waals surface area (Å²) in [6, 6.07) is 5.76. The average Bonchev–Trinajstić information content (AvgIpc) is 3.11. The lowest BCUT2D eigenvalue weighted by atomic mass is 10.1. The van der Waals surface area contributed by atoms with E-state index >= 15 is 0 Å². The van der Waals surface area contributed by atoms with Gasteiger partial charge in [0.2, 0.25) is 0 Å². The summed E-state index contributed by atoms with van der Waals surface area (Å²) in [4.78, 5) is 36.1. The number of esters is 1. The van der Waals surface area contributed by atoms with Gasteiger partial charge in [-0.15, -0.1) is 11.3 Å². The van der Waals surface area contributed by atoms with Crippen molar-refractivity contribution >= 4 is 46.5 Å². The molecule has 0 aliphatic heterocycles. The number of amides is 3. The highest BCUT2D eigenvalue weighted by molar-refractivity contribution is 7.10. The van der Waals surface area contributed by atoms with Gasteiger partial charge < -0.3 is 21.1 Å². The quantitative estimate of drug-likeness (QED) is 0.605. The molecule has 0 aliphatic carbocycles. The van der Waals surface area contributed by atoms with Gasteiger partial charge in [0, 0.05) is 10.6 Å². The third-order valence-corrected chi connectivity index (χ3v) is 4.71. The van der Waals surface area contributed by atoms with Gasteiger partial charge in [-0.3, -0.25) is 9.59 Å². The van der Waals surface area contributed by atoms with Crippen LogP contribution in [-0.2, 0) is 14.3 Å². The third-order valence-electron chi connectivity index (χ3n) is 3.44. The van der Waals surface area contributed by atoms with Crippen LogP contribution in [-0.4, -0.2) is 24.0 Å². The molecule has 27 heavy (non-hydrogen) atoms. The van der Waals surface area contributed by atoms with Gasteiger partial charge in [-0.2, -0.15) is 0 Å². The molecule has 10 heteroatoms. The predicted octanol–water partition coefficient (Wildman–Crippen LogP) is 3.21. The van der Waals surface area contributed by atoms with Gasteiger partial charge in [0.1, 0.15) is 5.82 Å². The minimum Gasteiger partial charge on any atom is -0.452 e. The summed E-state index contributed by atoms with van der Waals surface area (Å²) < 4.78 is 18.2. The molecule has 144 valence electrons.